The molecule has 4 nitrogen and oxygen atoms in total. The molecule has 0 atom stereocenters. The molecule has 0 aromatic heterocycles. The molecule has 1 heterocycles. The molecular formula is C19H14Cl3NO3S2. The highest BCUT2D eigenvalue weighted by atomic mass is 35.5. The lowest BCUT2D eigenvalue weighted by molar-refractivity contribution is -0.115. The second-order valence-corrected chi connectivity index (χ2v) is 8.54. The van der Waals surface area contributed by atoms with Gasteiger partial charge >= 0.3 is 0 Å². The van der Waals surface area contributed by atoms with E-state index in [0.717, 1.165) is 0 Å². The van der Waals surface area contributed by atoms with Gasteiger partial charge in [0.25, 0.3) is 5.91 Å². The molecular weight excluding hydrogens is 461 g/mol. The smallest absolute Gasteiger partial charge is 0.263 e. The van der Waals surface area contributed by atoms with Crippen LogP contribution in [-0.2, 0) is 11.4 Å². The highest BCUT2D eigenvalue weighted by molar-refractivity contribution is 8.26. The summed E-state index contributed by atoms with van der Waals surface area (Å²) < 4.78 is 12.0. The van der Waals surface area contributed by atoms with E-state index in [0.29, 0.717) is 53.5 Å². The number of halogens is 3. The summed E-state index contributed by atoms with van der Waals surface area (Å²) >= 11 is 25.0. The van der Waals surface area contributed by atoms with Gasteiger partial charge in [-0.2, -0.15) is 0 Å². The molecule has 0 saturated carbocycles. The van der Waals surface area contributed by atoms with Crippen LogP contribution in [0.1, 0.15) is 18.1 Å². The van der Waals surface area contributed by atoms with Crippen LogP contribution in [0.25, 0.3) is 6.08 Å². The second-order valence-electron chi connectivity index (χ2n) is 5.60. The van der Waals surface area contributed by atoms with Crippen LogP contribution in [0, 0.1) is 0 Å². The largest absolute Gasteiger partial charge is 0.490 e. The number of thioether (sulfide) groups is 1. The maximum atomic E-state index is 11.9. The van der Waals surface area contributed by atoms with Gasteiger partial charge in [0.1, 0.15) is 10.9 Å². The molecule has 0 aliphatic carbocycles. The molecule has 3 rings (SSSR count). The van der Waals surface area contributed by atoms with E-state index in [1.807, 2.05) is 6.92 Å². The molecule has 1 N–H and O–H groups in total. The Labute approximate surface area is 187 Å². The number of amides is 1. The SMILES string of the molecule is CCOc1cc(C=C2SC(=S)NC2=O)cc(Cl)c1OCc1c(Cl)cccc1Cl. The quantitative estimate of drug-likeness (QED) is 0.404. The van der Waals surface area contributed by atoms with Crippen LogP contribution in [0.4, 0.5) is 0 Å². The van der Waals surface area contributed by atoms with E-state index in [2.05, 4.69) is 5.32 Å². The summed E-state index contributed by atoms with van der Waals surface area (Å²) in [5, 5.41) is 3.92. The lowest BCUT2D eigenvalue weighted by Crippen LogP contribution is -2.17. The van der Waals surface area contributed by atoms with Gasteiger partial charge in [0.05, 0.1) is 16.5 Å². The Hall–Kier alpha value is -1.44. The van der Waals surface area contributed by atoms with Crippen LogP contribution in [0.15, 0.2) is 35.2 Å². The molecule has 146 valence electrons. The number of carbonyl (C=O) groups is 1. The molecule has 1 aliphatic heterocycles. The summed E-state index contributed by atoms with van der Waals surface area (Å²) in [6.07, 6.45) is 1.70. The topological polar surface area (TPSA) is 47.6 Å². The van der Waals surface area contributed by atoms with Gasteiger partial charge in [-0.1, -0.05) is 64.8 Å². The minimum Gasteiger partial charge on any atom is -0.490 e. The maximum absolute atomic E-state index is 11.9. The zero-order chi connectivity index (χ0) is 20.3. The average Bonchev–Trinajstić information content (AvgIpc) is 2.93. The minimum absolute atomic E-state index is 0.130. The summed E-state index contributed by atoms with van der Waals surface area (Å²) in [6, 6.07) is 8.68. The van der Waals surface area contributed by atoms with Crippen molar-refractivity contribution in [2.75, 3.05) is 6.61 Å². The van der Waals surface area contributed by atoms with E-state index < -0.39 is 0 Å². The normalized spacial score (nSPS) is 15.1. The van der Waals surface area contributed by atoms with Crippen molar-refractivity contribution in [3.63, 3.8) is 0 Å². The molecule has 1 aliphatic rings. The van der Waals surface area contributed by atoms with E-state index in [-0.39, 0.29) is 12.5 Å². The molecule has 28 heavy (non-hydrogen) atoms. The summed E-state index contributed by atoms with van der Waals surface area (Å²) in [7, 11) is 0. The van der Waals surface area contributed by atoms with Crippen molar-refractivity contribution in [1.29, 1.82) is 0 Å². The van der Waals surface area contributed by atoms with E-state index in [4.69, 9.17) is 56.5 Å². The van der Waals surface area contributed by atoms with Gasteiger partial charge in [-0.05, 0) is 42.8 Å². The van der Waals surface area contributed by atoms with E-state index in [1.165, 1.54) is 11.8 Å². The predicted octanol–water partition coefficient (Wildman–Crippen LogP) is 6.11. The lowest BCUT2D eigenvalue weighted by atomic mass is 10.1. The molecule has 0 radical (unpaired) electrons. The van der Waals surface area contributed by atoms with Crippen LogP contribution in [0.5, 0.6) is 11.5 Å². The van der Waals surface area contributed by atoms with Crippen molar-refractivity contribution in [2.45, 2.75) is 13.5 Å². The Bertz CT molecular complexity index is 959. The number of hydrogen-bond donors (Lipinski definition) is 1. The number of carbonyl (C=O) groups excluding carboxylic acids is 1. The molecule has 1 saturated heterocycles. The molecule has 0 unspecified atom stereocenters. The predicted molar refractivity (Wildman–Crippen MR) is 120 cm³/mol. The number of thiocarbonyl (C=S) groups is 1. The lowest BCUT2D eigenvalue weighted by Gasteiger charge is -2.15. The first-order valence-electron chi connectivity index (χ1n) is 8.16. The third-order valence-electron chi connectivity index (χ3n) is 3.69. The third-order valence-corrected chi connectivity index (χ3v) is 5.85. The Morgan fingerprint density at radius 2 is 1.86 bits per heavy atom. The van der Waals surface area contributed by atoms with Gasteiger partial charge < -0.3 is 14.8 Å². The zero-order valence-electron chi connectivity index (χ0n) is 14.6. The van der Waals surface area contributed by atoms with Gasteiger partial charge in [0.15, 0.2) is 11.5 Å². The molecule has 9 heteroatoms. The Kier molecular flexibility index (Phi) is 7.12. The van der Waals surface area contributed by atoms with Gasteiger partial charge in [0, 0.05) is 15.6 Å². The highest BCUT2D eigenvalue weighted by Gasteiger charge is 2.22. The standard InChI is InChI=1S/C19H14Cl3NO3S2/c1-2-25-15-7-10(8-16-18(24)23-19(27)28-16)6-14(22)17(15)26-9-11-12(20)4-3-5-13(11)21/h3-8H,2,9H2,1H3,(H,23,24,27). The number of hydrogen-bond acceptors (Lipinski definition) is 5. The van der Waals surface area contributed by atoms with Gasteiger partial charge in [-0.3, -0.25) is 4.79 Å². The van der Waals surface area contributed by atoms with E-state index in [9.17, 15) is 4.79 Å². The molecule has 0 spiro atoms. The number of benzene rings is 2. The fourth-order valence-corrected chi connectivity index (χ4v) is 4.29. The molecule has 1 fully saturated rings. The zero-order valence-corrected chi connectivity index (χ0v) is 18.5. The first kappa shape index (κ1) is 21.3. The first-order valence-corrected chi connectivity index (χ1v) is 10.5. The summed E-state index contributed by atoms with van der Waals surface area (Å²) in [6.45, 7) is 2.40. The summed E-state index contributed by atoms with van der Waals surface area (Å²) in [5.41, 5.74) is 1.35. The minimum atomic E-state index is -0.238. The van der Waals surface area contributed by atoms with Crippen molar-refractivity contribution in [2.24, 2.45) is 0 Å². The van der Waals surface area contributed by atoms with Crippen molar-refractivity contribution >= 4 is 75.1 Å². The molecule has 2 aromatic rings. The van der Waals surface area contributed by atoms with Gasteiger partial charge in [0.2, 0.25) is 0 Å². The van der Waals surface area contributed by atoms with E-state index >= 15 is 0 Å². The van der Waals surface area contributed by atoms with Gasteiger partial charge in [-0.15, -0.1) is 0 Å². The highest BCUT2D eigenvalue weighted by Crippen LogP contribution is 2.39. The molecule has 0 bridgehead atoms. The van der Waals surface area contributed by atoms with Crippen LogP contribution in [0.3, 0.4) is 0 Å². The first-order chi connectivity index (χ1) is 13.4. The number of rotatable bonds is 6. The monoisotopic (exact) mass is 473 g/mol. The van der Waals surface area contributed by atoms with Crippen LogP contribution < -0.4 is 14.8 Å². The molecule has 2 aromatic carbocycles. The average molecular weight is 475 g/mol. The van der Waals surface area contributed by atoms with Crippen molar-refractivity contribution in [1.82, 2.24) is 5.32 Å². The maximum Gasteiger partial charge on any atom is 0.263 e. The van der Waals surface area contributed by atoms with Crippen LogP contribution in [-0.4, -0.2) is 16.8 Å². The van der Waals surface area contributed by atoms with Crippen molar-refractivity contribution in [3.05, 3.63) is 61.4 Å². The summed E-state index contributed by atoms with van der Waals surface area (Å²) in [4.78, 5) is 12.4. The van der Waals surface area contributed by atoms with Gasteiger partial charge in [-0.25, -0.2) is 0 Å². The second kappa shape index (κ2) is 9.37. The Morgan fingerprint density at radius 1 is 1.14 bits per heavy atom. The fraction of sp³-hybridized carbons (Fsp3) is 0.158. The van der Waals surface area contributed by atoms with Crippen molar-refractivity contribution in [3.8, 4) is 11.5 Å². The van der Waals surface area contributed by atoms with Crippen molar-refractivity contribution < 1.29 is 14.3 Å². The summed E-state index contributed by atoms with van der Waals surface area (Å²) in [5.74, 6) is 0.592. The Balaban J connectivity index is 1.90. The number of nitrogens with one attached hydrogen (secondary N) is 1. The Morgan fingerprint density at radius 3 is 2.46 bits per heavy atom. The number of ether oxygens (including phenoxy) is 2. The fourth-order valence-electron chi connectivity index (χ4n) is 2.46. The van der Waals surface area contributed by atoms with Crippen LogP contribution >= 0.6 is 58.8 Å². The van der Waals surface area contributed by atoms with E-state index in [1.54, 1.807) is 36.4 Å². The molecule has 1 amide bonds. The third kappa shape index (κ3) is 4.93. The van der Waals surface area contributed by atoms with Crippen LogP contribution in [0.2, 0.25) is 15.1 Å².